The van der Waals surface area contributed by atoms with Gasteiger partial charge in [0.15, 0.2) is 0 Å². The van der Waals surface area contributed by atoms with Gasteiger partial charge >= 0.3 is 0 Å². The Morgan fingerprint density at radius 3 is 2.80 bits per heavy atom. The number of para-hydroxylation sites is 1. The summed E-state index contributed by atoms with van der Waals surface area (Å²) < 4.78 is 1.54. The normalized spacial score (nSPS) is 10.9. The highest BCUT2D eigenvalue weighted by Crippen LogP contribution is 2.27. The van der Waals surface area contributed by atoms with Crippen molar-refractivity contribution in [1.29, 1.82) is 0 Å². The molecule has 2 aromatic carbocycles. The summed E-state index contributed by atoms with van der Waals surface area (Å²) in [5.41, 5.74) is 1.39. The van der Waals surface area contributed by atoms with Gasteiger partial charge < -0.3 is 0 Å². The van der Waals surface area contributed by atoms with Crippen LogP contribution in [0.1, 0.15) is 0 Å². The maximum Gasteiger partial charge on any atom is 0.265 e. The zero-order chi connectivity index (χ0) is 14.1. The lowest BCUT2D eigenvalue weighted by molar-refractivity contribution is 0.958. The Labute approximate surface area is 125 Å². The number of nitrogens with zero attached hydrogens (tertiary/aromatic N) is 2. The highest BCUT2D eigenvalue weighted by molar-refractivity contribution is 7.98. The molecule has 0 aliphatic heterocycles. The number of thioether (sulfide) groups is 1. The van der Waals surface area contributed by atoms with E-state index in [9.17, 15) is 4.79 Å². The van der Waals surface area contributed by atoms with Gasteiger partial charge in [-0.3, -0.25) is 9.36 Å². The number of hydrogen-bond donors (Lipinski definition) is 0. The number of rotatable bonds is 2. The lowest BCUT2D eigenvalue weighted by Gasteiger charge is -2.09. The minimum absolute atomic E-state index is 0.0787. The maximum atomic E-state index is 12.5. The van der Waals surface area contributed by atoms with Crippen molar-refractivity contribution in [3.63, 3.8) is 0 Å². The van der Waals surface area contributed by atoms with Crippen molar-refractivity contribution in [2.75, 3.05) is 6.26 Å². The first kappa shape index (κ1) is 13.2. The summed E-state index contributed by atoms with van der Waals surface area (Å²) in [5.74, 6) is 0. The molecule has 0 saturated heterocycles. The van der Waals surface area contributed by atoms with Gasteiger partial charge in [0.2, 0.25) is 0 Å². The Bertz CT molecular complexity index is 845. The van der Waals surface area contributed by atoms with Crippen LogP contribution in [-0.4, -0.2) is 15.8 Å². The molecule has 0 fully saturated rings. The van der Waals surface area contributed by atoms with Crippen LogP contribution in [0.25, 0.3) is 16.6 Å². The fourth-order valence-electron chi connectivity index (χ4n) is 2.05. The van der Waals surface area contributed by atoms with E-state index in [4.69, 9.17) is 11.6 Å². The fraction of sp³-hybridized carbons (Fsp3) is 0.0667. The SMILES string of the molecule is CSc1cc(-n2cnc3ccccc3c2=O)ccc1Cl. The molecule has 0 radical (unpaired) electrons. The van der Waals surface area contributed by atoms with Gasteiger partial charge in [0, 0.05) is 4.90 Å². The minimum atomic E-state index is -0.0787. The van der Waals surface area contributed by atoms with Gasteiger partial charge in [0.05, 0.1) is 21.6 Å². The van der Waals surface area contributed by atoms with Crippen molar-refractivity contribution < 1.29 is 0 Å². The lowest BCUT2D eigenvalue weighted by Crippen LogP contribution is -2.18. The van der Waals surface area contributed by atoms with E-state index >= 15 is 0 Å². The molecular formula is C15H11ClN2OS. The van der Waals surface area contributed by atoms with Crippen LogP contribution in [-0.2, 0) is 0 Å². The van der Waals surface area contributed by atoms with Gasteiger partial charge in [-0.15, -0.1) is 11.8 Å². The van der Waals surface area contributed by atoms with Gasteiger partial charge in [-0.1, -0.05) is 23.7 Å². The smallest absolute Gasteiger partial charge is 0.265 e. The van der Waals surface area contributed by atoms with Crippen molar-refractivity contribution in [1.82, 2.24) is 9.55 Å². The van der Waals surface area contributed by atoms with E-state index < -0.39 is 0 Å². The number of benzene rings is 2. The molecule has 0 bridgehead atoms. The molecule has 20 heavy (non-hydrogen) atoms. The molecule has 3 nitrogen and oxygen atoms in total. The zero-order valence-electron chi connectivity index (χ0n) is 10.7. The Morgan fingerprint density at radius 1 is 1.20 bits per heavy atom. The molecule has 1 aromatic heterocycles. The Morgan fingerprint density at radius 2 is 2.00 bits per heavy atom. The summed E-state index contributed by atoms with van der Waals surface area (Å²) >= 11 is 7.64. The average Bonchev–Trinajstić information content (AvgIpc) is 2.49. The molecule has 1 heterocycles. The van der Waals surface area contributed by atoms with Crippen molar-refractivity contribution in [3.05, 3.63) is 64.2 Å². The van der Waals surface area contributed by atoms with Crippen molar-refractivity contribution in [2.24, 2.45) is 0 Å². The van der Waals surface area contributed by atoms with Crippen molar-refractivity contribution in [3.8, 4) is 5.69 Å². The first-order chi connectivity index (χ1) is 9.70. The Balaban J connectivity index is 2.25. The molecule has 100 valence electrons. The fourth-order valence-corrected chi connectivity index (χ4v) is 2.90. The average molecular weight is 303 g/mol. The van der Waals surface area contributed by atoms with Crippen LogP contribution >= 0.6 is 23.4 Å². The summed E-state index contributed by atoms with van der Waals surface area (Å²) in [7, 11) is 0. The van der Waals surface area contributed by atoms with Crippen molar-refractivity contribution in [2.45, 2.75) is 4.90 Å². The molecule has 0 aliphatic carbocycles. The largest absolute Gasteiger partial charge is 0.268 e. The Hall–Kier alpha value is -1.78. The van der Waals surface area contributed by atoms with Gasteiger partial charge in [-0.2, -0.15) is 0 Å². The third-order valence-corrected chi connectivity index (χ3v) is 4.30. The standard InChI is InChI=1S/C15H11ClN2OS/c1-20-14-8-10(6-7-12(14)16)18-9-17-13-5-3-2-4-11(13)15(18)19/h2-9H,1H3. The van der Waals surface area contributed by atoms with Crippen LogP contribution in [0, 0.1) is 0 Å². The van der Waals surface area contributed by atoms with Crippen LogP contribution < -0.4 is 5.56 Å². The number of hydrogen-bond acceptors (Lipinski definition) is 3. The molecule has 0 atom stereocenters. The molecule has 3 aromatic rings. The first-order valence-corrected chi connectivity index (χ1v) is 7.61. The number of halogens is 1. The molecular weight excluding hydrogens is 292 g/mol. The highest BCUT2D eigenvalue weighted by Gasteiger charge is 2.07. The summed E-state index contributed by atoms with van der Waals surface area (Å²) in [6.45, 7) is 0. The maximum absolute atomic E-state index is 12.5. The summed E-state index contributed by atoms with van der Waals surface area (Å²) in [6, 6.07) is 12.8. The molecule has 5 heteroatoms. The van der Waals surface area contributed by atoms with Crippen LogP contribution in [0.15, 0.2) is 58.5 Å². The van der Waals surface area contributed by atoms with Crippen LogP contribution in [0.3, 0.4) is 0 Å². The summed E-state index contributed by atoms with van der Waals surface area (Å²) in [4.78, 5) is 17.8. The van der Waals surface area contributed by atoms with E-state index in [2.05, 4.69) is 4.98 Å². The molecule has 0 unspecified atom stereocenters. The minimum Gasteiger partial charge on any atom is -0.268 e. The van der Waals surface area contributed by atoms with E-state index in [1.807, 2.05) is 36.6 Å². The molecule has 0 spiro atoms. The predicted molar refractivity (Wildman–Crippen MR) is 84.1 cm³/mol. The second-order valence-electron chi connectivity index (χ2n) is 4.26. The Kier molecular flexibility index (Phi) is 3.51. The zero-order valence-corrected chi connectivity index (χ0v) is 12.3. The number of aromatic nitrogens is 2. The molecule has 0 saturated carbocycles. The number of fused-ring (bicyclic) bond motifs is 1. The van der Waals surface area contributed by atoms with Gasteiger partial charge in [-0.25, -0.2) is 4.98 Å². The van der Waals surface area contributed by atoms with Crippen LogP contribution in [0.4, 0.5) is 0 Å². The molecule has 0 amide bonds. The quantitative estimate of drug-likeness (QED) is 0.676. The topological polar surface area (TPSA) is 34.9 Å². The lowest BCUT2D eigenvalue weighted by atomic mass is 10.2. The van der Waals surface area contributed by atoms with E-state index in [0.29, 0.717) is 15.9 Å². The molecule has 3 rings (SSSR count). The second-order valence-corrected chi connectivity index (χ2v) is 5.51. The van der Waals surface area contributed by atoms with Crippen LogP contribution in [0.2, 0.25) is 5.02 Å². The van der Waals surface area contributed by atoms with Crippen molar-refractivity contribution >= 4 is 34.3 Å². The summed E-state index contributed by atoms with van der Waals surface area (Å²) in [5, 5.41) is 1.29. The monoisotopic (exact) mass is 302 g/mol. The van der Waals surface area contributed by atoms with E-state index in [0.717, 1.165) is 10.6 Å². The summed E-state index contributed by atoms with van der Waals surface area (Å²) in [6.07, 6.45) is 3.50. The molecule has 0 aliphatic rings. The predicted octanol–water partition coefficient (Wildman–Crippen LogP) is 3.76. The second kappa shape index (κ2) is 5.31. The van der Waals surface area contributed by atoms with Crippen LogP contribution in [0.5, 0.6) is 0 Å². The molecule has 0 N–H and O–H groups in total. The third kappa shape index (κ3) is 2.21. The highest BCUT2D eigenvalue weighted by atomic mass is 35.5. The third-order valence-electron chi connectivity index (χ3n) is 3.08. The van der Waals surface area contributed by atoms with E-state index in [1.165, 1.54) is 0 Å². The van der Waals surface area contributed by atoms with E-state index in [-0.39, 0.29) is 5.56 Å². The van der Waals surface area contributed by atoms with E-state index in [1.54, 1.807) is 34.8 Å². The first-order valence-electron chi connectivity index (χ1n) is 6.01. The van der Waals surface area contributed by atoms with Gasteiger partial charge in [0.25, 0.3) is 5.56 Å². The van der Waals surface area contributed by atoms with Gasteiger partial charge in [-0.05, 0) is 36.6 Å². The van der Waals surface area contributed by atoms with Gasteiger partial charge in [0.1, 0.15) is 6.33 Å².